The second-order valence-corrected chi connectivity index (χ2v) is 5.24. The lowest BCUT2D eigenvalue weighted by Crippen LogP contribution is -1.96. The summed E-state index contributed by atoms with van der Waals surface area (Å²) < 4.78 is 30.5. The Kier molecular flexibility index (Phi) is 3.64. The molecule has 0 fully saturated rings. The van der Waals surface area contributed by atoms with E-state index in [1.54, 1.807) is 30.5 Å². The third-order valence-electron chi connectivity index (χ3n) is 2.37. The topological polar surface area (TPSA) is 87.0 Å². The molecule has 0 aliphatic rings. The van der Waals surface area contributed by atoms with Crippen molar-refractivity contribution in [1.29, 1.82) is 0 Å². The zero-order valence-corrected chi connectivity index (χ0v) is 10.6. The van der Waals surface area contributed by atoms with E-state index < -0.39 is 10.1 Å². The zero-order valence-electron chi connectivity index (χ0n) is 9.76. The summed E-state index contributed by atoms with van der Waals surface area (Å²) in [4.78, 5) is 3.95. The maximum Gasteiger partial charge on any atom is 0.294 e. The first-order valence-electron chi connectivity index (χ1n) is 5.36. The average molecular weight is 277 g/mol. The summed E-state index contributed by atoms with van der Waals surface area (Å²) in [7, 11) is -4.18. The van der Waals surface area contributed by atoms with Gasteiger partial charge in [-0.3, -0.25) is 9.55 Å². The zero-order chi connectivity index (χ0) is 13.9. The van der Waals surface area contributed by atoms with Gasteiger partial charge in [0.1, 0.15) is 5.75 Å². The lowest BCUT2D eigenvalue weighted by atomic mass is 10.2. The number of phenols is 1. The predicted octanol–water partition coefficient (Wildman–Crippen LogP) is 2.39. The first-order valence-corrected chi connectivity index (χ1v) is 6.80. The number of rotatable bonds is 3. The molecule has 2 rings (SSSR count). The smallest absolute Gasteiger partial charge is 0.294 e. The van der Waals surface area contributed by atoms with E-state index in [-0.39, 0.29) is 10.6 Å². The van der Waals surface area contributed by atoms with Crippen LogP contribution in [0.3, 0.4) is 0 Å². The maximum absolute atomic E-state index is 10.9. The number of aliphatic imine (C=N–C) groups is 1. The quantitative estimate of drug-likeness (QED) is 0.666. The van der Waals surface area contributed by atoms with Gasteiger partial charge in [-0.15, -0.1) is 0 Å². The van der Waals surface area contributed by atoms with Gasteiger partial charge in [-0.2, -0.15) is 8.42 Å². The molecule has 0 radical (unpaired) electrons. The Bertz CT molecular complexity index is 706. The Morgan fingerprint density at radius 2 is 1.74 bits per heavy atom. The fraction of sp³-hybridized carbons (Fsp3) is 0. The third kappa shape index (κ3) is 3.64. The fourth-order valence-electron chi connectivity index (χ4n) is 1.46. The highest BCUT2D eigenvalue weighted by Crippen LogP contribution is 2.17. The Balaban J connectivity index is 2.20. The molecular formula is C13H11NO4S. The Labute approximate surface area is 110 Å². The standard InChI is InChI=1S/C13H11NO4S/c15-12-3-1-2-10(8-12)9-14-11-4-6-13(7-5-11)19(16,17)18/h1-9,15H,(H,16,17,18). The fourth-order valence-corrected chi connectivity index (χ4v) is 1.94. The number of benzene rings is 2. The highest BCUT2D eigenvalue weighted by molar-refractivity contribution is 7.85. The number of phenolic OH excluding ortho intramolecular Hbond substituents is 1. The lowest BCUT2D eigenvalue weighted by molar-refractivity contribution is 0.475. The van der Waals surface area contributed by atoms with Crippen molar-refractivity contribution in [3.63, 3.8) is 0 Å². The summed E-state index contributed by atoms with van der Waals surface area (Å²) >= 11 is 0. The van der Waals surface area contributed by atoms with Crippen LogP contribution >= 0.6 is 0 Å². The minimum absolute atomic E-state index is 0.144. The van der Waals surface area contributed by atoms with E-state index in [2.05, 4.69) is 4.99 Å². The van der Waals surface area contributed by atoms with E-state index >= 15 is 0 Å². The van der Waals surface area contributed by atoms with Crippen LogP contribution in [0.4, 0.5) is 5.69 Å². The van der Waals surface area contributed by atoms with Crippen molar-refractivity contribution < 1.29 is 18.1 Å². The van der Waals surface area contributed by atoms with Crippen molar-refractivity contribution in [2.75, 3.05) is 0 Å². The molecule has 2 aromatic rings. The monoisotopic (exact) mass is 277 g/mol. The molecule has 2 aromatic carbocycles. The molecule has 19 heavy (non-hydrogen) atoms. The van der Waals surface area contributed by atoms with Crippen molar-refractivity contribution >= 4 is 22.0 Å². The van der Waals surface area contributed by atoms with Gasteiger partial charge in [-0.1, -0.05) is 12.1 Å². The van der Waals surface area contributed by atoms with E-state index in [1.165, 1.54) is 24.3 Å². The van der Waals surface area contributed by atoms with E-state index in [4.69, 9.17) is 4.55 Å². The first kappa shape index (κ1) is 13.3. The van der Waals surface area contributed by atoms with Gasteiger partial charge in [0.2, 0.25) is 0 Å². The van der Waals surface area contributed by atoms with Crippen molar-refractivity contribution in [1.82, 2.24) is 0 Å². The van der Waals surface area contributed by atoms with Crippen LogP contribution in [0.2, 0.25) is 0 Å². The van der Waals surface area contributed by atoms with Crippen LogP contribution in [-0.4, -0.2) is 24.3 Å². The summed E-state index contributed by atoms with van der Waals surface area (Å²) in [6.45, 7) is 0. The number of hydrogen-bond donors (Lipinski definition) is 2. The molecule has 98 valence electrons. The second kappa shape index (κ2) is 5.21. The molecule has 0 amide bonds. The molecule has 0 spiro atoms. The summed E-state index contributed by atoms with van der Waals surface area (Å²) in [6.07, 6.45) is 1.54. The van der Waals surface area contributed by atoms with Gasteiger partial charge in [0.05, 0.1) is 10.6 Å². The molecule has 6 heteroatoms. The highest BCUT2D eigenvalue weighted by Gasteiger charge is 2.07. The minimum atomic E-state index is -4.18. The molecule has 2 N–H and O–H groups in total. The predicted molar refractivity (Wildman–Crippen MR) is 71.6 cm³/mol. The lowest BCUT2D eigenvalue weighted by Gasteiger charge is -1.98. The van der Waals surface area contributed by atoms with Gasteiger partial charge >= 0.3 is 0 Å². The number of nitrogens with zero attached hydrogens (tertiary/aromatic N) is 1. The van der Waals surface area contributed by atoms with Crippen molar-refractivity contribution in [2.24, 2.45) is 4.99 Å². The first-order chi connectivity index (χ1) is 8.95. The van der Waals surface area contributed by atoms with Crippen molar-refractivity contribution in [3.8, 4) is 5.75 Å². The molecule has 0 heterocycles. The van der Waals surface area contributed by atoms with E-state index in [0.29, 0.717) is 5.69 Å². The summed E-state index contributed by atoms with van der Waals surface area (Å²) in [5.74, 6) is 0.144. The molecule has 0 bridgehead atoms. The van der Waals surface area contributed by atoms with Gasteiger partial charge in [-0.05, 0) is 42.0 Å². The van der Waals surface area contributed by atoms with Gasteiger partial charge in [0.25, 0.3) is 10.1 Å². The van der Waals surface area contributed by atoms with Crippen molar-refractivity contribution in [2.45, 2.75) is 4.90 Å². The minimum Gasteiger partial charge on any atom is -0.508 e. The van der Waals surface area contributed by atoms with E-state index in [1.807, 2.05) is 0 Å². The summed E-state index contributed by atoms with van der Waals surface area (Å²) in [5.41, 5.74) is 1.26. The van der Waals surface area contributed by atoms with Crippen LogP contribution in [0, 0.1) is 0 Å². The summed E-state index contributed by atoms with van der Waals surface area (Å²) in [5, 5.41) is 9.28. The molecule has 0 saturated carbocycles. The van der Waals surface area contributed by atoms with Gasteiger partial charge in [-0.25, -0.2) is 0 Å². The highest BCUT2D eigenvalue weighted by atomic mass is 32.2. The van der Waals surface area contributed by atoms with E-state index in [9.17, 15) is 13.5 Å². The van der Waals surface area contributed by atoms with Crippen LogP contribution in [0.25, 0.3) is 0 Å². The summed E-state index contributed by atoms with van der Waals surface area (Å²) in [6, 6.07) is 12.1. The molecule has 0 aliphatic carbocycles. The SMILES string of the molecule is O=S(=O)(O)c1ccc(N=Cc2cccc(O)c2)cc1. The average Bonchev–Trinajstić information content (AvgIpc) is 2.36. The largest absolute Gasteiger partial charge is 0.508 e. The molecule has 5 nitrogen and oxygen atoms in total. The van der Waals surface area contributed by atoms with Gasteiger partial charge in [0, 0.05) is 6.21 Å². The molecular weight excluding hydrogens is 266 g/mol. The van der Waals surface area contributed by atoms with Crippen LogP contribution in [0.5, 0.6) is 5.75 Å². The Morgan fingerprint density at radius 3 is 2.32 bits per heavy atom. The second-order valence-electron chi connectivity index (χ2n) is 3.82. The third-order valence-corrected chi connectivity index (χ3v) is 3.24. The van der Waals surface area contributed by atoms with Crippen LogP contribution in [-0.2, 0) is 10.1 Å². The van der Waals surface area contributed by atoms with Crippen LogP contribution in [0.15, 0.2) is 58.4 Å². The number of aromatic hydroxyl groups is 1. The Morgan fingerprint density at radius 1 is 1.05 bits per heavy atom. The molecule has 0 saturated heterocycles. The van der Waals surface area contributed by atoms with E-state index in [0.717, 1.165) is 5.56 Å². The maximum atomic E-state index is 10.9. The number of hydrogen-bond acceptors (Lipinski definition) is 4. The normalized spacial score (nSPS) is 11.8. The van der Waals surface area contributed by atoms with Crippen molar-refractivity contribution in [3.05, 3.63) is 54.1 Å². The van der Waals surface area contributed by atoms with Gasteiger partial charge < -0.3 is 5.11 Å². The molecule has 0 unspecified atom stereocenters. The van der Waals surface area contributed by atoms with Gasteiger partial charge in [0.15, 0.2) is 0 Å². The molecule has 0 aliphatic heterocycles. The molecule has 0 atom stereocenters. The van der Waals surface area contributed by atoms with Crippen LogP contribution in [0.1, 0.15) is 5.56 Å². The van der Waals surface area contributed by atoms with Crippen LogP contribution < -0.4 is 0 Å². The Hall–Kier alpha value is -2.18. The molecule has 0 aromatic heterocycles.